The van der Waals surface area contributed by atoms with Crippen molar-refractivity contribution in [1.29, 1.82) is 0 Å². The molecule has 4 N–H and O–H groups in total. The molecule has 2 aromatic heterocycles. The second-order valence-corrected chi connectivity index (χ2v) is 11.3. The molecule has 3 aromatic carbocycles. The molecule has 0 bridgehead atoms. The van der Waals surface area contributed by atoms with Gasteiger partial charge in [-0.1, -0.05) is 50.2 Å². The first kappa shape index (κ1) is 32.8. The zero-order valence-corrected chi connectivity index (χ0v) is 27.0. The Morgan fingerprint density at radius 3 is 2.45 bits per heavy atom. The van der Waals surface area contributed by atoms with Gasteiger partial charge in [0.2, 0.25) is 5.91 Å². The van der Waals surface area contributed by atoms with Crippen molar-refractivity contribution in [2.45, 2.75) is 27.2 Å². The Labute approximate surface area is 273 Å². The molecule has 0 saturated carbocycles. The highest BCUT2D eigenvalue weighted by Crippen LogP contribution is 2.28. The number of anilines is 1. The van der Waals surface area contributed by atoms with Crippen LogP contribution in [0.4, 0.5) is 11.4 Å². The number of carbonyl (C=O) groups is 3. The number of aliphatic imine (C=N–C) groups is 1. The fourth-order valence-electron chi connectivity index (χ4n) is 5.38. The summed E-state index contributed by atoms with van der Waals surface area (Å²) in [4.78, 5) is 48.2. The van der Waals surface area contributed by atoms with Gasteiger partial charge in [0, 0.05) is 54.1 Å². The zero-order valence-electron chi connectivity index (χ0n) is 27.0. The molecule has 5 aromatic rings. The number of benzene rings is 3. The van der Waals surface area contributed by atoms with Crippen LogP contribution in [0.25, 0.3) is 10.9 Å². The number of H-pyrrole nitrogens is 1. The zero-order chi connectivity index (χ0) is 33.5. The van der Waals surface area contributed by atoms with Crippen LogP contribution in [0.1, 0.15) is 57.1 Å². The van der Waals surface area contributed by atoms with Gasteiger partial charge >= 0.3 is 0 Å². The van der Waals surface area contributed by atoms with Crippen LogP contribution in [0.15, 0.2) is 77.8 Å². The molecule has 5 rings (SSSR count). The molecule has 0 spiro atoms. The van der Waals surface area contributed by atoms with Crippen LogP contribution in [0, 0.1) is 6.92 Å². The Kier molecular flexibility index (Phi) is 10.3. The molecule has 2 heterocycles. The second kappa shape index (κ2) is 14.7. The lowest BCUT2D eigenvalue weighted by atomic mass is 10.0. The van der Waals surface area contributed by atoms with Gasteiger partial charge < -0.3 is 25.6 Å². The molecule has 11 nitrogen and oxygen atoms in total. The van der Waals surface area contributed by atoms with Crippen molar-refractivity contribution in [3.05, 3.63) is 106 Å². The molecule has 0 unspecified atom stereocenters. The van der Waals surface area contributed by atoms with Crippen LogP contribution < -0.4 is 10.6 Å². The van der Waals surface area contributed by atoms with E-state index in [1.165, 1.54) is 4.68 Å². The number of hydrogen-bond donors (Lipinski definition) is 4. The first-order valence-electron chi connectivity index (χ1n) is 15.6. The maximum absolute atomic E-state index is 13.4. The monoisotopic (exact) mass is 633 g/mol. The summed E-state index contributed by atoms with van der Waals surface area (Å²) in [6, 6.07) is 21.0. The topological polar surface area (TPSA) is 145 Å². The summed E-state index contributed by atoms with van der Waals surface area (Å²) in [5.41, 5.74) is 5.07. The molecule has 242 valence electrons. The lowest BCUT2D eigenvalue weighted by Gasteiger charge is -2.17. The van der Waals surface area contributed by atoms with Crippen molar-refractivity contribution in [2.24, 2.45) is 12.0 Å². The lowest BCUT2D eigenvalue weighted by molar-refractivity contribution is -0.120. The van der Waals surface area contributed by atoms with E-state index in [1.807, 2.05) is 31.2 Å². The van der Waals surface area contributed by atoms with Gasteiger partial charge in [0.25, 0.3) is 5.91 Å². The number of nitrogens with one attached hydrogen (secondary N) is 3. The number of likely N-dealkylation sites (N-methyl/N-ethyl adjacent to an activating group) is 1. The van der Waals surface area contributed by atoms with Gasteiger partial charge in [0.05, 0.1) is 23.4 Å². The summed E-state index contributed by atoms with van der Waals surface area (Å²) in [5.74, 6) is -0.650. The van der Waals surface area contributed by atoms with Gasteiger partial charge in [-0.2, -0.15) is 5.10 Å². The standard InChI is InChI=1S/C36H39N7O4/c1-5-43(6-2)17-16-37-33(44)19-24-10-13-27(14-11-24)38-22-30-29-15-12-26(21-31(29)40-35(30)46)34(45)25-8-7-9-28(20-25)39-36(47)32-18-23(3)41-42(32)4/h7-15,18,20-22,40,46H,5-6,16-17,19H2,1-4H3,(H,37,44)(H,39,47). The molecular weight excluding hydrogens is 594 g/mol. The van der Waals surface area contributed by atoms with Crippen LogP contribution >= 0.6 is 0 Å². The highest BCUT2D eigenvalue weighted by Gasteiger charge is 2.16. The van der Waals surface area contributed by atoms with E-state index >= 15 is 0 Å². The van der Waals surface area contributed by atoms with E-state index in [4.69, 9.17) is 0 Å². The van der Waals surface area contributed by atoms with Crippen LogP contribution in [0.3, 0.4) is 0 Å². The van der Waals surface area contributed by atoms with Gasteiger partial charge in [-0.15, -0.1) is 0 Å². The molecule has 0 aliphatic heterocycles. The van der Waals surface area contributed by atoms with Gasteiger partial charge in [-0.25, -0.2) is 0 Å². The Balaban J connectivity index is 1.23. The average molecular weight is 634 g/mol. The summed E-state index contributed by atoms with van der Waals surface area (Å²) >= 11 is 0. The largest absolute Gasteiger partial charge is 0.494 e. The van der Waals surface area contributed by atoms with Crippen molar-refractivity contribution in [1.82, 2.24) is 25.0 Å². The number of ketones is 1. The molecule has 2 amide bonds. The summed E-state index contributed by atoms with van der Waals surface area (Å²) in [6.07, 6.45) is 1.86. The van der Waals surface area contributed by atoms with Gasteiger partial charge in [-0.3, -0.25) is 24.1 Å². The fourth-order valence-corrected chi connectivity index (χ4v) is 5.38. The number of fused-ring (bicyclic) bond motifs is 1. The van der Waals surface area contributed by atoms with E-state index in [1.54, 1.807) is 61.8 Å². The van der Waals surface area contributed by atoms with Crippen molar-refractivity contribution >= 4 is 46.1 Å². The molecule has 47 heavy (non-hydrogen) atoms. The number of aromatic amines is 1. The number of aromatic hydroxyl groups is 1. The Morgan fingerprint density at radius 2 is 1.74 bits per heavy atom. The maximum Gasteiger partial charge on any atom is 0.273 e. The van der Waals surface area contributed by atoms with Crippen LogP contribution in [-0.2, 0) is 18.3 Å². The SMILES string of the molecule is CCN(CC)CCNC(=O)Cc1ccc(N=Cc2c(O)[nH]c3cc(C(=O)c4cccc(NC(=O)c5cc(C)nn5C)c4)ccc23)cc1. The van der Waals surface area contributed by atoms with Crippen molar-refractivity contribution < 1.29 is 19.5 Å². The minimum Gasteiger partial charge on any atom is -0.494 e. The first-order valence-corrected chi connectivity index (χ1v) is 15.6. The normalized spacial score (nSPS) is 11.4. The quantitative estimate of drug-likeness (QED) is 0.104. The molecule has 0 saturated heterocycles. The number of aryl methyl sites for hydroxylation is 2. The number of rotatable bonds is 13. The minimum absolute atomic E-state index is 0.0229. The molecule has 0 atom stereocenters. The summed E-state index contributed by atoms with van der Waals surface area (Å²) in [5, 5.41) is 21.4. The van der Waals surface area contributed by atoms with Crippen molar-refractivity contribution in [3.8, 4) is 5.88 Å². The Bertz CT molecular complexity index is 1930. The molecule has 11 heteroatoms. The Morgan fingerprint density at radius 1 is 1.00 bits per heavy atom. The Hall–Kier alpha value is -5.55. The average Bonchev–Trinajstić information content (AvgIpc) is 3.58. The number of nitrogens with zero attached hydrogens (tertiary/aromatic N) is 4. The number of aromatic nitrogens is 3. The van der Waals surface area contributed by atoms with Gasteiger partial charge in [0.15, 0.2) is 11.7 Å². The predicted octanol–water partition coefficient (Wildman–Crippen LogP) is 5.15. The van der Waals surface area contributed by atoms with E-state index in [9.17, 15) is 19.5 Å². The maximum atomic E-state index is 13.4. The number of amides is 2. The molecule has 0 aliphatic carbocycles. The van der Waals surface area contributed by atoms with E-state index in [0.717, 1.165) is 30.9 Å². The third kappa shape index (κ3) is 8.00. The smallest absolute Gasteiger partial charge is 0.273 e. The highest BCUT2D eigenvalue weighted by atomic mass is 16.3. The van der Waals surface area contributed by atoms with E-state index in [-0.39, 0.29) is 29.9 Å². The van der Waals surface area contributed by atoms with E-state index < -0.39 is 0 Å². The van der Waals surface area contributed by atoms with Crippen LogP contribution in [0.2, 0.25) is 0 Å². The summed E-state index contributed by atoms with van der Waals surface area (Å²) in [6.45, 7) is 9.38. The van der Waals surface area contributed by atoms with Gasteiger partial charge in [-0.05, 0) is 62.0 Å². The molecule has 0 radical (unpaired) electrons. The van der Waals surface area contributed by atoms with Crippen LogP contribution in [0.5, 0.6) is 5.88 Å². The third-order valence-corrected chi connectivity index (χ3v) is 7.99. The van der Waals surface area contributed by atoms with Crippen molar-refractivity contribution in [2.75, 3.05) is 31.5 Å². The van der Waals surface area contributed by atoms with Crippen LogP contribution in [-0.4, -0.2) is 74.8 Å². The van der Waals surface area contributed by atoms with E-state index in [2.05, 4.69) is 44.5 Å². The summed E-state index contributed by atoms with van der Waals surface area (Å²) in [7, 11) is 1.70. The second-order valence-electron chi connectivity index (χ2n) is 11.3. The predicted molar refractivity (Wildman–Crippen MR) is 184 cm³/mol. The fraction of sp³-hybridized carbons (Fsp3) is 0.250. The minimum atomic E-state index is -0.324. The first-order chi connectivity index (χ1) is 22.6. The van der Waals surface area contributed by atoms with Crippen molar-refractivity contribution in [3.63, 3.8) is 0 Å². The summed E-state index contributed by atoms with van der Waals surface area (Å²) < 4.78 is 1.51. The number of carbonyl (C=O) groups excluding carboxylic acids is 3. The molecular formula is C36H39N7O4. The third-order valence-electron chi connectivity index (χ3n) is 7.99. The van der Waals surface area contributed by atoms with E-state index in [0.29, 0.717) is 51.2 Å². The van der Waals surface area contributed by atoms with Gasteiger partial charge in [0.1, 0.15) is 5.69 Å². The molecule has 0 aliphatic rings. The molecule has 0 fully saturated rings. The number of hydrogen-bond acceptors (Lipinski definition) is 7. The lowest BCUT2D eigenvalue weighted by Crippen LogP contribution is -2.35. The highest BCUT2D eigenvalue weighted by molar-refractivity contribution is 6.13.